The van der Waals surface area contributed by atoms with Crippen molar-refractivity contribution in [3.05, 3.63) is 23.8 Å². The van der Waals surface area contributed by atoms with Gasteiger partial charge in [-0.05, 0) is 30.0 Å². The molecule has 0 bridgehead atoms. The molecular formula is C19H25F2NO5. The fourth-order valence-corrected chi connectivity index (χ4v) is 3.11. The molecule has 27 heavy (non-hydrogen) atoms. The molecule has 1 fully saturated rings. The van der Waals surface area contributed by atoms with E-state index in [4.69, 9.17) is 9.47 Å². The van der Waals surface area contributed by atoms with Gasteiger partial charge < -0.3 is 19.5 Å². The predicted molar refractivity (Wildman–Crippen MR) is 93.6 cm³/mol. The van der Waals surface area contributed by atoms with Crippen LogP contribution in [0.4, 0.5) is 8.78 Å². The van der Waals surface area contributed by atoms with Crippen LogP contribution >= 0.6 is 0 Å². The molecule has 0 unspecified atom stereocenters. The lowest BCUT2D eigenvalue weighted by Gasteiger charge is -2.12. The topological polar surface area (TPSA) is 73.9 Å². The molecule has 150 valence electrons. The van der Waals surface area contributed by atoms with Crippen LogP contribution in [0.5, 0.6) is 11.5 Å². The zero-order valence-electron chi connectivity index (χ0n) is 15.3. The fourth-order valence-electron chi connectivity index (χ4n) is 3.11. The average molecular weight is 385 g/mol. The summed E-state index contributed by atoms with van der Waals surface area (Å²) in [6.07, 6.45) is 5.93. The first-order chi connectivity index (χ1) is 13.0. The SMILES string of the molecule is COc1cc(CNC(=O)COC(=O)CCC2CCCC2)ccc1OC(F)F. The number of rotatable bonds is 10. The number of amides is 1. The number of benzene rings is 1. The molecule has 1 saturated carbocycles. The Labute approximate surface area is 157 Å². The van der Waals surface area contributed by atoms with E-state index in [0.717, 1.165) is 6.42 Å². The van der Waals surface area contributed by atoms with E-state index in [9.17, 15) is 18.4 Å². The quantitative estimate of drug-likeness (QED) is 0.625. The molecule has 8 heteroatoms. The van der Waals surface area contributed by atoms with Crippen molar-refractivity contribution in [2.45, 2.75) is 51.7 Å². The maximum atomic E-state index is 12.3. The summed E-state index contributed by atoms with van der Waals surface area (Å²) in [7, 11) is 1.33. The van der Waals surface area contributed by atoms with Gasteiger partial charge in [0.25, 0.3) is 5.91 Å². The molecule has 0 aliphatic heterocycles. The van der Waals surface area contributed by atoms with E-state index < -0.39 is 12.5 Å². The summed E-state index contributed by atoms with van der Waals surface area (Å²) in [4.78, 5) is 23.5. The molecular weight excluding hydrogens is 360 g/mol. The second-order valence-electron chi connectivity index (χ2n) is 6.49. The molecule has 1 N–H and O–H groups in total. The third-order valence-corrected chi connectivity index (χ3v) is 4.53. The Morgan fingerprint density at radius 1 is 1.22 bits per heavy atom. The van der Waals surface area contributed by atoms with E-state index in [1.807, 2.05) is 0 Å². The highest BCUT2D eigenvalue weighted by Gasteiger charge is 2.17. The summed E-state index contributed by atoms with van der Waals surface area (Å²) < 4.78 is 38.9. The Balaban J connectivity index is 1.70. The highest BCUT2D eigenvalue weighted by atomic mass is 19.3. The minimum atomic E-state index is -2.95. The molecule has 0 spiro atoms. The van der Waals surface area contributed by atoms with Crippen LogP contribution in [0.2, 0.25) is 0 Å². The third kappa shape index (κ3) is 7.40. The van der Waals surface area contributed by atoms with Crippen LogP contribution in [0.25, 0.3) is 0 Å². The number of alkyl halides is 2. The van der Waals surface area contributed by atoms with Gasteiger partial charge in [-0.1, -0.05) is 31.7 Å². The molecule has 1 aromatic carbocycles. The summed E-state index contributed by atoms with van der Waals surface area (Å²) in [5, 5.41) is 2.60. The minimum Gasteiger partial charge on any atom is -0.493 e. The largest absolute Gasteiger partial charge is 0.493 e. The summed E-state index contributed by atoms with van der Waals surface area (Å²) in [6.45, 7) is -3.15. The number of nitrogens with one attached hydrogen (secondary N) is 1. The molecule has 1 aromatic rings. The molecule has 1 amide bonds. The van der Waals surface area contributed by atoms with Crippen LogP contribution in [-0.2, 0) is 20.9 Å². The molecule has 1 aliphatic carbocycles. The van der Waals surface area contributed by atoms with Crippen molar-refractivity contribution in [3.63, 3.8) is 0 Å². The summed E-state index contributed by atoms with van der Waals surface area (Å²) in [6, 6.07) is 4.37. The molecule has 0 saturated heterocycles. The fraction of sp³-hybridized carbons (Fsp3) is 0.579. The first kappa shape index (κ1) is 20.9. The number of esters is 1. The van der Waals surface area contributed by atoms with Crippen molar-refractivity contribution in [1.82, 2.24) is 5.32 Å². The van der Waals surface area contributed by atoms with Gasteiger partial charge in [-0.2, -0.15) is 8.78 Å². The zero-order valence-corrected chi connectivity index (χ0v) is 15.3. The van der Waals surface area contributed by atoms with Gasteiger partial charge in [0.15, 0.2) is 18.1 Å². The van der Waals surface area contributed by atoms with Gasteiger partial charge in [-0.25, -0.2) is 0 Å². The zero-order chi connectivity index (χ0) is 19.6. The van der Waals surface area contributed by atoms with Crippen LogP contribution < -0.4 is 14.8 Å². The van der Waals surface area contributed by atoms with Crippen LogP contribution in [0.1, 0.15) is 44.1 Å². The summed E-state index contributed by atoms with van der Waals surface area (Å²) >= 11 is 0. The summed E-state index contributed by atoms with van der Waals surface area (Å²) in [5.74, 6) is -0.152. The number of halogens is 2. The van der Waals surface area contributed by atoms with Gasteiger partial charge in [0.05, 0.1) is 7.11 Å². The molecule has 0 heterocycles. The van der Waals surface area contributed by atoms with Crippen LogP contribution in [-0.4, -0.2) is 32.2 Å². The van der Waals surface area contributed by atoms with Crippen molar-refractivity contribution in [3.8, 4) is 11.5 Å². The number of carbonyl (C=O) groups is 2. The molecule has 2 rings (SSSR count). The minimum absolute atomic E-state index is 0.0845. The van der Waals surface area contributed by atoms with E-state index >= 15 is 0 Å². The maximum absolute atomic E-state index is 12.3. The lowest BCUT2D eigenvalue weighted by Crippen LogP contribution is -2.28. The standard InChI is InChI=1S/C19H25F2NO5/c1-25-16-10-14(6-8-15(16)27-19(20)21)11-22-17(23)12-26-18(24)9-7-13-4-2-3-5-13/h6,8,10,13,19H,2-5,7,9,11-12H2,1H3,(H,22,23). The second kappa shape index (κ2) is 10.7. The van der Waals surface area contributed by atoms with Gasteiger partial charge in [0.1, 0.15) is 0 Å². The Morgan fingerprint density at radius 2 is 1.96 bits per heavy atom. The average Bonchev–Trinajstić information content (AvgIpc) is 3.17. The second-order valence-corrected chi connectivity index (χ2v) is 6.49. The van der Waals surface area contributed by atoms with Crippen LogP contribution in [0.15, 0.2) is 18.2 Å². The van der Waals surface area contributed by atoms with Crippen molar-refractivity contribution in [1.29, 1.82) is 0 Å². The first-order valence-corrected chi connectivity index (χ1v) is 9.02. The number of carbonyl (C=O) groups excluding carboxylic acids is 2. The smallest absolute Gasteiger partial charge is 0.387 e. The normalized spacial score (nSPS) is 14.2. The van der Waals surface area contributed by atoms with Gasteiger partial charge >= 0.3 is 12.6 Å². The molecule has 6 nitrogen and oxygen atoms in total. The van der Waals surface area contributed by atoms with Crippen molar-refractivity contribution in [2.75, 3.05) is 13.7 Å². The van der Waals surface area contributed by atoms with E-state index in [0.29, 0.717) is 17.9 Å². The lowest BCUT2D eigenvalue weighted by atomic mass is 10.0. The Morgan fingerprint density at radius 3 is 2.63 bits per heavy atom. The predicted octanol–water partition coefficient (Wildman–Crippen LogP) is 3.43. The van der Waals surface area contributed by atoms with Crippen LogP contribution in [0.3, 0.4) is 0 Å². The Hall–Kier alpha value is -2.38. The van der Waals surface area contributed by atoms with Gasteiger partial charge in [0.2, 0.25) is 0 Å². The third-order valence-electron chi connectivity index (χ3n) is 4.53. The number of hydrogen-bond donors (Lipinski definition) is 1. The van der Waals surface area contributed by atoms with Gasteiger partial charge in [-0.3, -0.25) is 9.59 Å². The Bertz CT molecular complexity index is 633. The van der Waals surface area contributed by atoms with Gasteiger partial charge in [0, 0.05) is 13.0 Å². The van der Waals surface area contributed by atoms with Crippen molar-refractivity contribution in [2.24, 2.45) is 5.92 Å². The van der Waals surface area contributed by atoms with Gasteiger partial charge in [-0.15, -0.1) is 0 Å². The molecule has 0 radical (unpaired) electrons. The number of ether oxygens (including phenoxy) is 3. The van der Waals surface area contributed by atoms with E-state index in [1.54, 1.807) is 0 Å². The van der Waals surface area contributed by atoms with Crippen molar-refractivity contribution < 1.29 is 32.6 Å². The Kier molecular flexibility index (Phi) is 8.29. The molecule has 1 aliphatic rings. The van der Waals surface area contributed by atoms with E-state index in [1.165, 1.54) is 51.0 Å². The lowest BCUT2D eigenvalue weighted by molar-refractivity contribution is -0.148. The monoisotopic (exact) mass is 385 g/mol. The maximum Gasteiger partial charge on any atom is 0.387 e. The summed E-state index contributed by atoms with van der Waals surface area (Å²) in [5.41, 5.74) is 0.634. The number of hydrogen-bond acceptors (Lipinski definition) is 5. The van der Waals surface area contributed by atoms with E-state index in [2.05, 4.69) is 10.1 Å². The van der Waals surface area contributed by atoms with Crippen LogP contribution in [0, 0.1) is 5.92 Å². The van der Waals surface area contributed by atoms with E-state index in [-0.39, 0.29) is 30.6 Å². The highest BCUT2D eigenvalue weighted by Crippen LogP contribution is 2.29. The highest BCUT2D eigenvalue weighted by molar-refractivity contribution is 5.80. The van der Waals surface area contributed by atoms with Crippen molar-refractivity contribution >= 4 is 11.9 Å². The molecule has 0 aromatic heterocycles. The molecule has 0 atom stereocenters. The first-order valence-electron chi connectivity index (χ1n) is 9.02. The number of methoxy groups -OCH3 is 1.